The summed E-state index contributed by atoms with van der Waals surface area (Å²) in [5, 5.41) is 17.7. The summed E-state index contributed by atoms with van der Waals surface area (Å²) in [4.78, 5) is 13.4. The fourth-order valence-corrected chi connectivity index (χ4v) is 2.95. The monoisotopic (exact) mass is 453 g/mol. The standard InChI is InChI=1S/C21H42O4.C3H9N.ClH/c1-2-3-4-5-6-7-8-9-10-11-12-13-14-15-16-17-21(24)25-19-20(23)18-22;1-4(2)3;/h20,22-23H,2-19H2,1H3;1-3H3;1H. The molecule has 0 aliphatic rings. The molecule has 0 amide bonds. The molecule has 184 valence electrons. The van der Waals surface area contributed by atoms with Gasteiger partial charge in [-0.1, -0.05) is 96.8 Å². The van der Waals surface area contributed by atoms with Crippen molar-refractivity contribution in [2.45, 2.75) is 116 Å². The first-order valence-electron chi connectivity index (χ1n) is 12.0. The molecule has 0 rings (SSSR count). The van der Waals surface area contributed by atoms with E-state index in [4.69, 9.17) is 14.9 Å². The van der Waals surface area contributed by atoms with Gasteiger partial charge < -0.3 is 19.8 Å². The second-order valence-corrected chi connectivity index (χ2v) is 8.56. The SMILES string of the molecule is CCCCCCCCCCCCCCCCCC(=O)OCC(O)CO.CN(C)C.Cl. The Morgan fingerprint density at radius 1 is 0.767 bits per heavy atom. The van der Waals surface area contributed by atoms with Crippen molar-refractivity contribution in [3.8, 4) is 0 Å². The Morgan fingerprint density at radius 2 is 1.10 bits per heavy atom. The Kier molecular flexibility index (Phi) is 32.7. The van der Waals surface area contributed by atoms with Crippen LogP contribution in [0.1, 0.15) is 110 Å². The van der Waals surface area contributed by atoms with Crippen molar-refractivity contribution in [2.24, 2.45) is 0 Å². The summed E-state index contributed by atoms with van der Waals surface area (Å²) in [6, 6.07) is 0. The van der Waals surface area contributed by atoms with E-state index in [2.05, 4.69) is 6.92 Å². The van der Waals surface area contributed by atoms with E-state index in [-0.39, 0.29) is 31.6 Å². The number of unbranched alkanes of at least 4 members (excludes halogenated alkanes) is 14. The fraction of sp³-hybridized carbons (Fsp3) is 0.958. The Balaban J connectivity index is -0.00000133. The van der Waals surface area contributed by atoms with Crippen LogP contribution in [0.4, 0.5) is 0 Å². The van der Waals surface area contributed by atoms with E-state index in [1.807, 2.05) is 26.0 Å². The number of ether oxygens (including phenoxy) is 1. The highest BCUT2D eigenvalue weighted by Crippen LogP contribution is 2.13. The largest absolute Gasteiger partial charge is 0.463 e. The summed E-state index contributed by atoms with van der Waals surface area (Å²) in [6.07, 6.45) is 19.0. The van der Waals surface area contributed by atoms with Gasteiger partial charge in [-0.05, 0) is 27.6 Å². The minimum absolute atomic E-state index is 0. The second kappa shape index (κ2) is 28.6. The molecule has 6 heteroatoms. The molecule has 0 saturated carbocycles. The van der Waals surface area contributed by atoms with Gasteiger partial charge in [0.25, 0.3) is 0 Å². The maximum atomic E-state index is 11.4. The lowest BCUT2D eigenvalue weighted by Crippen LogP contribution is -2.21. The first kappa shape index (κ1) is 34.3. The van der Waals surface area contributed by atoms with E-state index in [0.717, 1.165) is 12.8 Å². The maximum Gasteiger partial charge on any atom is 0.305 e. The molecule has 0 bridgehead atoms. The van der Waals surface area contributed by atoms with Crippen molar-refractivity contribution in [3.05, 3.63) is 0 Å². The highest BCUT2D eigenvalue weighted by molar-refractivity contribution is 5.85. The smallest absolute Gasteiger partial charge is 0.305 e. The number of hydrogen-bond acceptors (Lipinski definition) is 5. The fourth-order valence-electron chi connectivity index (χ4n) is 2.95. The van der Waals surface area contributed by atoms with Crippen LogP contribution in [-0.2, 0) is 9.53 Å². The molecular weight excluding hydrogens is 402 g/mol. The van der Waals surface area contributed by atoms with Gasteiger partial charge in [0, 0.05) is 6.42 Å². The van der Waals surface area contributed by atoms with Gasteiger partial charge in [-0.3, -0.25) is 4.79 Å². The first-order valence-corrected chi connectivity index (χ1v) is 12.0. The number of hydrogen-bond donors (Lipinski definition) is 2. The lowest BCUT2D eigenvalue weighted by Gasteiger charge is -2.08. The third-order valence-corrected chi connectivity index (χ3v) is 4.63. The molecule has 0 saturated heterocycles. The van der Waals surface area contributed by atoms with Gasteiger partial charge in [0.1, 0.15) is 12.7 Å². The zero-order valence-corrected chi connectivity index (χ0v) is 21.2. The summed E-state index contributed by atoms with van der Waals surface area (Å²) < 4.78 is 4.86. The quantitative estimate of drug-likeness (QED) is 0.192. The Hall–Kier alpha value is -0.360. The molecule has 30 heavy (non-hydrogen) atoms. The molecule has 0 aromatic rings. The van der Waals surface area contributed by atoms with Crippen LogP contribution in [0.25, 0.3) is 0 Å². The van der Waals surface area contributed by atoms with E-state index < -0.39 is 6.10 Å². The average molecular weight is 454 g/mol. The number of carbonyl (C=O) groups excluding carboxylic acids is 1. The summed E-state index contributed by atoms with van der Waals surface area (Å²) in [6.45, 7) is 1.79. The van der Waals surface area contributed by atoms with Gasteiger partial charge in [0.05, 0.1) is 6.61 Å². The molecule has 5 nitrogen and oxygen atoms in total. The summed E-state index contributed by atoms with van der Waals surface area (Å²) >= 11 is 0. The molecule has 0 aromatic carbocycles. The van der Waals surface area contributed by atoms with Crippen LogP contribution in [0.3, 0.4) is 0 Å². The zero-order chi connectivity index (χ0) is 22.2. The number of halogens is 1. The van der Waals surface area contributed by atoms with Crippen molar-refractivity contribution < 1.29 is 19.7 Å². The molecule has 1 atom stereocenters. The minimum atomic E-state index is -0.954. The molecular formula is C24H52ClNO4. The number of rotatable bonds is 19. The van der Waals surface area contributed by atoms with Crippen molar-refractivity contribution in [1.29, 1.82) is 0 Å². The van der Waals surface area contributed by atoms with Crippen molar-refractivity contribution >= 4 is 18.4 Å². The number of nitrogens with zero attached hydrogens (tertiary/aromatic N) is 1. The van der Waals surface area contributed by atoms with E-state index in [9.17, 15) is 4.79 Å². The van der Waals surface area contributed by atoms with Crippen LogP contribution in [0.15, 0.2) is 0 Å². The lowest BCUT2D eigenvalue weighted by molar-refractivity contribution is -0.147. The Labute approximate surface area is 193 Å². The molecule has 0 fully saturated rings. The van der Waals surface area contributed by atoms with Crippen LogP contribution in [0.5, 0.6) is 0 Å². The zero-order valence-electron chi connectivity index (χ0n) is 20.4. The van der Waals surface area contributed by atoms with E-state index in [0.29, 0.717) is 6.42 Å². The third-order valence-electron chi connectivity index (χ3n) is 4.63. The van der Waals surface area contributed by atoms with Gasteiger partial charge in [-0.15, -0.1) is 12.4 Å². The van der Waals surface area contributed by atoms with Gasteiger partial charge in [-0.2, -0.15) is 0 Å². The van der Waals surface area contributed by atoms with Crippen LogP contribution in [0.2, 0.25) is 0 Å². The predicted octanol–water partition coefficient (Wildman–Crippen LogP) is 5.74. The number of esters is 1. The highest BCUT2D eigenvalue weighted by atomic mass is 35.5. The second-order valence-electron chi connectivity index (χ2n) is 8.56. The van der Waals surface area contributed by atoms with Crippen molar-refractivity contribution in [2.75, 3.05) is 34.4 Å². The number of carbonyl (C=O) groups is 1. The molecule has 0 aliphatic carbocycles. The molecule has 0 radical (unpaired) electrons. The van der Waals surface area contributed by atoms with E-state index >= 15 is 0 Å². The third kappa shape index (κ3) is 35.1. The molecule has 0 spiro atoms. The van der Waals surface area contributed by atoms with E-state index in [1.165, 1.54) is 83.5 Å². The normalized spacial score (nSPS) is 11.4. The van der Waals surface area contributed by atoms with Gasteiger partial charge in [0.2, 0.25) is 0 Å². The van der Waals surface area contributed by atoms with Gasteiger partial charge in [-0.25, -0.2) is 0 Å². The summed E-state index contributed by atoms with van der Waals surface area (Å²) in [5.41, 5.74) is 0. The van der Waals surface area contributed by atoms with Crippen molar-refractivity contribution in [3.63, 3.8) is 0 Å². The summed E-state index contributed by atoms with van der Waals surface area (Å²) in [5.74, 6) is -0.276. The van der Waals surface area contributed by atoms with Crippen molar-refractivity contribution in [1.82, 2.24) is 4.90 Å². The molecule has 0 aromatic heterocycles. The van der Waals surface area contributed by atoms with Crippen LogP contribution < -0.4 is 0 Å². The summed E-state index contributed by atoms with van der Waals surface area (Å²) in [7, 11) is 6.00. The minimum Gasteiger partial charge on any atom is -0.463 e. The lowest BCUT2D eigenvalue weighted by atomic mass is 10.0. The highest BCUT2D eigenvalue weighted by Gasteiger charge is 2.07. The van der Waals surface area contributed by atoms with Crippen LogP contribution in [-0.4, -0.2) is 61.5 Å². The first-order chi connectivity index (χ1) is 13.9. The number of aliphatic hydroxyl groups is 2. The van der Waals surface area contributed by atoms with Gasteiger partial charge in [0.15, 0.2) is 0 Å². The van der Waals surface area contributed by atoms with Gasteiger partial charge >= 0.3 is 5.97 Å². The topological polar surface area (TPSA) is 70.0 Å². The molecule has 0 aliphatic heterocycles. The molecule has 2 N–H and O–H groups in total. The number of aliphatic hydroxyl groups excluding tert-OH is 2. The van der Waals surface area contributed by atoms with E-state index in [1.54, 1.807) is 0 Å². The Bertz CT molecular complexity index is 328. The maximum absolute atomic E-state index is 11.4. The molecule has 1 unspecified atom stereocenters. The average Bonchev–Trinajstić information content (AvgIpc) is 2.68. The van der Waals surface area contributed by atoms with Crippen LogP contribution >= 0.6 is 12.4 Å². The molecule has 0 heterocycles. The predicted molar refractivity (Wildman–Crippen MR) is 130 cm³/mol. The van der Waals surface area contributed by atoms with Crippen LogP contribution in [0, 0.1) is 0 Å². The Morgan fingerprint density at radius 3 is 1.43 bits per heavy atom.